The standard InChI is InChI=1S/C13H25NOS/c1-11(2)4-5-12-13(15-8-7-14-12)6-3-9-16-10-13/h11-12,14H,3-10H2,1-2H3. The molecule has 2 aliphatic heterocycles. The van der Waals surface area contributed by atoms with Gasteiger partial charge in [-0.25, -0.2) is 0 Å². The third-order valence-electron chi connectivity index (χ3n) is 3.79. The van der Waals surface area contributed by atoms with Gasteiger partial charge in [0.1, 0.15) is 0 Å². The van der Waals surface area contributed by atoms with E-state index in [0.29, 0.717) is 6.04 Å². The lowest BCUT2D eigenvalue weighted by atomic mass is 9.85. The van der Waals surface area contributed by atoms with Crippen LogP contribution in [0.4, 0.5) is 0 Å². The number of hydrogen-bond donors (Lipinski definition) is 1. The molecular formula is C13H25NOS. The summed E-state index contributed by atoms with van der Waals surface area (Å²) in [5.41, 5.74) is 0.163. The molecule has 0 aliphatic carbocycles. The van der Waals surface area contributed by atoms with Gasteiger partial charge in [0.25, 0.3) is 0 Å². The molecule has 16 heavy (non-hydrogen) atoms. The lowest BCUT2D eigenvalue weighted by Crippen LogP contribution is -2.60. The monoisotopic (exact) mass is 243 g/mol. The predicted molar refractivity (Wildman–Crippen MR) is 71.1 cm³/mol. The summed E-state index contributed by atoms with van der Waals surface area (Å²) in [4.78, 5) is 0. The van der Waals surface area contributed by atoms with E-state index in [1.165, 1.54) is 37.2 Å². The average Bonchev–Trinajstić information content (AvgIpc) is 2.29. The predicted octanol–water partition coefficient (Wildman–Crippen LogP) is 2.68. The highest BCUT2D eigenvalue weighted by Gasteiger charge is 2.42. The Hall–Kier alpha value is 0.270. The van der Waals surface area contributed by atoms with E-state index in [-0.39, 0.29) is 5.60 Å². The molecule has 0 aromatic rings. The molecule has 0 amide bonds. The first-order valence-electron chi connectivity index (χ1n) is 6.68. The van der Waals surface area contributed by atoms with Crippen molar-refractivity contribution in [1.82, 2.24) is 5.32 Å². The number of ether oxygens (including phenoxy) is 1. The smallest absolute Gasteiger partial charge is 0.0925 e. The van der Waals surface area contributed by atoms with Crippen LogP contribution < -0.4 is 5.32 Å². The maximum atomic E-state index is 6.17. The first kappa shape index (κ1) is 12.7. The van der Waals surface area contributed by atoms with Crippen LogP contribution in [0.1, 0.15) is 39.5 Å². The van der Waals surface area contributed by atoms with Crippen LogP contribution in [0.5, 0.6) is 0 Å². The lowest BCUT2D eigenvalue weighted by molar-refractivity contribution is -0.0899. The van der Waals surface area contributed by atoms with Crippen molar-refractivity contribution in [2.24, 2.45) is 5.92 Å². The maximum absolute atomic E-state index is 6.17. The molecule has 2 atom stereocenters. The Balaban J connectivity index is 1.95. The van der Waals surface area contributed by atoms with E-state index in [4.69, 9.17) is 4.74 Å². The topological polar surface area (TPSA) is 21.3 Å². The first-order valence-corrected chi connectivity index (χ1v) is 7.83. The van der Waals surface area contributed by atoms with Gasteiger partial charge in [-0.15, -0.1) is 0 Å². The van der Waals surface area contributed by atoms with Gasteiger partial charge in [-0.2, -0.15) is 11.8 Å². The van der Waals surface area contributed by atoms with Crippen LogP contribution in [0.2, 0.25) is 0 Å². The lowest BCUT2D eigenvalue weighted by Gasteiger charge is -2.47. The second kappa shape index (κ2) is 5.74. The van der Waals surface area contributed by atoms with E-state index >= 15 is 0 Å². The number of hydrogen-bond acceptors (Lipinski definition) is 3. The Morgan fingerprint density at radius 1 is 1.50 bits per heavy atom. The van der Waals surface area contributed by atoms with Crippen molar-refractivity contribution in [2.75, 3.05) is 24.7 Å². The molecule has 2 fully saturated rings. The third-order valence-corrected chi connectivity index (χ3v) is 5.06. The molecule has 0 bridgehead atoms. The zero-order valence-corrected chi connectivity index (χ0v) is 11.4. The Morgan fingerprint density at radius 2 is 2.38 bits per heavy atom. The van der Waals surface area contributed by atoms with E-state index in [1.807, 2.05) is 0 Å². The van der Waals surface area contributed by atoms with Gasteiger partial charge < -0.3 is 10.1 Å². The van der Waals surface area contributed by atoms with Crippen molar-refractivity contribution in [3.63, 3.8) is 0 Å². The van der Waals surface area contributed by atoms with Gasteiger partial charge in [0, 0.05) is 18.3 Å². The summed E-state index contributed by atoms with van der Waals surface area (Å²) in [7, 11) is 0. The minimum Gasteiger partial charge on any atom is -0.371 e. The van der Waals surface area contributed by atoms with Crippen LogP contribution in [0.15, 0.2) is 0 Å². The normalized spacial score (nSPS) is 35.8. The highest BCUT2D eigenvalue weighted by atomic mass is 32.2. The summed E-state index contributed by atoms with van der Waals surface area (Å²) in [6, 6.07) is 0.594. The molecule has 1 N–H and O–H groups in total. The summed E-state index contributed by atoms with van der Waals surface area (Å²) in [5.74, 6) is 3.32. The molecule has 0 aromatic heterocycles. The Bertz CT molecular complexity index is 206. The molecule has 2 heterocycles. The Kier molecular flexibility index (Phi) is 4.57. The Morgan fingerprint density at radius 3 is 3.06 bits per heavy atom. The highest BCUT2D eigenvalue weighted by Crippen LogP contribution is 2.36. The summed E-state index contributed by atoms with van der Waals surface area (Å²) in [6.45, 7) is 6.56. The zero-order valence-electron chi connectivity index (χ0n) is 10.6. The molecule has 3 heteroatoms. The molecular weight excluding hydrogens is 218 g/mol. The van der Waals surface area contributed by atoms with Crippen LogP contribution in [0.3, 0.4) is 0 Å². The molecule has 2 aliphatic rings. The Labute approximate surface area is 104 Å². The van der Waals surface area contributed by atoms with Crippen molar-refractivity contribution in [2.45, 2.75) is 51.2 Å². The quantitative estimate of drug-likeness (QED) is 0.823. The average molecular weight is 243 g/mol. The van der Waals surface area contributed by atoms with Crippen LogP contribution in [0, 0.1) is 5.92 Å². The molecule has 0 radical (unpaired) electrons. The van der Waals surface area contributed by atoms with E-state index in [9.17, 15) is 0 Å². The van der Waals surface area contributed by atoms with Gasteiger partial charge in [-0.05, 0) is 37.4 Å². The van der Waals surface area contributed by atoms with E-state index < -0.39 is 0 Å². The molecule has 94 valence electrons. The van der Waals surface area contributed by atoms with Crippen molar-refractivity contribution in [1.29, 1.82) is 0 Å². The van der Waals surface area contributed by atoms with Gasteiger partial charge in [-0.3, -0.25) is 0 Å². The molecule has 2 saturated heterocycles. The van der Waals surface area contributed by atoms with Gasteiger partial charge in [0.15, 0.2) is 0 Å². The van der Waals surface area contributed by atoms with E-state index in [1.54, 1.807) is 0 Å². The van der Waals surface area contributed by atoms with Gasteiger partial charge >= 0.3 is 0 Å². The number of rotatable bonds is 3. The summed E-state index contributed by atoms with van der Waals surface area (Å²) in [5, 5.41) is 3.70. The van der Waals surface area contributed by atoms with Crippen LogP contribution in [-0.4, -0.2) is 36.3 Å². The fraction of sp³-hybridized carbons (Fsp3) is 1.00. The second-order valence-electron chi connectivity index (χ2n) is 5.55. The number of morpholine rings is 1. The number of nitrogens with one attached hydrogen (secondary N) is 1. The molecule has 0 aromatic carbocycles. The fourth-order valence-electron chi connectivity index (χ4n) is 2.82. The van der Waals surface area contributed by atoms with Gasteiger partial charge in [-0.1, -0.05) is 13.8 Å². The minimum absolute atomic E-state index is 0.163. The van der Waals surface area contributed by atoms with Crippen LogP contribution >= 0.6 is 11.8 Å². The van der Waals surface area contributed by atoms with Crippen molar-refractivity contribution in [3.05, 3.63) is 0 Å². The molecule has 2 nitrogen and oxygen atoms in total. The largest absolute Gasteiger partial charge is 0.371 e. The third kappa shape index (κ3) is 2.93. The SMILES string of the molecule is CC(C)CCC1NCCOC12CCCSC2. The summed E-state index contributed by atoms with van der Waals surface area (Å²) >= 11 is 2.07. The molecule has 1 spiro atoms. The first-order chi connectivity index (χ1) is 7.73. The minimum atomic E-state index is 0.163. The van der Waals surface area contributed by atoms with Crippen LogP contribution in [0.25, 0.3) is 0 Å². The van der Waals surface area contributed by atoms with Crippen LogP contribution in [-0.2, 0) is 4.74 Å². The zero-order chi connectivity index (χ0) is 11.4. The molecule has 2 unspecified atom stereocenters. The van der Waals surface area contributed by atoms with Crippen molar-refractivity contribution < 1.29 is 4.74 Å². The fourth-order valence-corrected chi connectivity index (χ4v) is 4.09. The number of thioether (sulfide) groups is 1. The molecule has 0 saturated carbocycles. The van der Waals surface area contributed by atoms with Crippen molar-refractivity contribution in [3.8, 4) is 0 Å². The van der Waals surface area contributed by atoms with Gasteiger partial charge in [0.05, 0.1) is 12.2 Å². The summed E-state index contributed by atoms with van der Waals surface area (Å²) in [6.07, 6.45) is 5.17. The highest BCUT2D eigenvalue weighted by molar-refractivity contribution is 7.99. The van der Waals surface area contributed by atoms with E-state index in [2.05, 4.69) is 30.9 Å². The second-order valence-corrected chi connectivity index (χ2v) is 6.65. The summed E-state index contributed by atoms with van der Waals surface area (Å²) < 4.78 is 6.17. The van der Waals surface area contributed by atoms with Crippen molar-refractivity contribution >= 4 is 11.8 Å². The van der Waals surface area contributed by atoms with Gasteiger partial charge in [0.2, 0.25) is 0 Å². The van der Waals surface area contributed by atoms with E-state index in [0.717, 1.165) is 19.1 Å². The molecule has 2 rings (SSSR count). The maximum Gasteiger partial charge on any atom is 0.0925 e.